The molecule has 1 fully saturated rings. The van der Waals surface area contributed by atoms with E-state index in [1.165, 1.54) is 37.1 Å². The summed E-state index contributed by atoms with van der Waals surface area (Å²) in [5.74, 6) is 6.33. The number of rotatable bonds is 9. The maximum Gasteiger partial charge on any atom is 0.239 e. The average molecular weight is 298 g/mol. The van der Waals surface area contributed by atoms with Gasteiger partial charge in [-0.2, -0.15) is 0 Å². The summed E-state index contributed by atoms with van der Waals surface area (Å²) in [6.45, 7) is 4.56. The summed E-state index contributed by atoms with van der Waals surface area (Å²) in [7, 11) is 0. The molecule has 0 bridgehead atoms. The van der Waals surface area contributed by atoms with Gasteiger partial charge in [-0.3, -0.25) is 9.80 Å². The third kappa shape index (κ3) is 7.28. The molecule has 3 N–H and O–H groups in total. The van der Waals surface area contributed by atoms with E-state index < -0.39 is 0 Å². The maximum atomic E-state index is 12.1. The van der Waals surface area contributed by atoms with E-state index >= 15 is 0 Å². The Morgan fingerprint density at radius 1 is 1.33 bits per heavy atom. The highest BCUT2D eigenvalue weighted by Crippen LogP contribution is 2.28. The van der Waals surface area contributed by atoms with Gasteiger partial charge in [0.2, 0.25) is 5.91 Å². The number of carbonyl (C=O) groups is 1. The Bertz CT molecular complexity index is 291. The van der Waals surface area contributed by atoms with Gasteiger partial charge >= 0.3 is 0 Å². The smallest absolute Gasteiger partial charge is 0.239 e. The molecule has 2 atom stereocenters. The first-order valence-corrected chi connectivity index (χ1v) is 8.78. The van der Waals surface area contributed by atoms with Gasteiger partial charge in [-0.25, -0.2) is 5.84 Å². The lowest BCUT2D eigenvalue weighted by Gasteiger charge is -2.24. The Hall–Kier alpha value is -0.610. The lowest BCUT2D eigenvalue weighted by molar-refractivity contribution is -0.136. The summed E-state index contributed by atoms with van der Waals surface area (Å²) in [4.78, 5) is 12.1. The number of amides is 1. The number of hydrogen-bond donors (Lipinski definition) is 2. The largest absolute Gasteiger partial charge is 0.393 e. The van der Waals surface area contributed by atoms with Gasteiger partial charge in [0.1, 0.15) is 0 Å². The van der Waals surface area contributed by atoms with Crippen molar-refractivity contribution in [1.29, 1.82) is 0 Å². The molecule has 0 radical (unpaired) electrons. The Morgan fingerprint density at radius 3 is 2.62 bits per heavy atom. The van der Waals surface area contributed by atoms with E-state index in [0.717, 1.165) is 31.6 Å². The van der Waals surface area contributed by atoms with Crippen LogP contribution in [-0.4, -0.2) is 28.7 Å². The number of unbranched alkanes of at least 4 members (excludes halogenated alkanes) is 1. The van der Waals surface area contributed by atoms with Gasteiger partial charge in [0.05, 0.1) is 6.10 Å². The molecule has 0 aromatic heterocycles. The van der Waals surface area contributed by atoms with Crippen LogP contribution in [0.1, 0.15) is 78.1 Å². The van der Waals surface area contributed by atoms with E-state index in [4.69, 9.17) is 5.84 Å². The topological polar surface area (TPSA) is 66.6 Å². The van der Waals surface area contributed by atoms with Crippen molar-refractivity contribution < 1.29 is 9.90 Å². The van der Waals surface area contributed by atoms with Crippen molar-refractivity contribution in [3.63, 3.8) is 0 Å². The minimum Gasteiger partial charge on any atom is -0.393 e. The van der Waals surface area contributed by atoms with E-state index in [0.29, 0.717) is 13.0 Å². The van der Waals surface area contributed by atoms with Crippen molar-refractivity contribution in [3.8, 4) is 0 Å². The molecule has 0 aliphatic heterocycles. The fraction of sp³-hybridized carbons (Fsp3) is 0.941. The molecule has 1 aliphatic carbocycles. The zero-order valence-corrected chi connectivity index (χ0v) is 13.9. The first-order chi connectivity index (χ1) is 10.0. The lowest BCUT2D eigenvalue weighted by atomic mass is 9.85. The number of aliphatic hydroxyl groups excluding tert-OH is 1. The number of nitrogens with two attached hydrogens (primary N) is 1. The van der Waals surface area contributed by atoms with Crippen molar-refractivity contribution in [2.24, 2.45) is 17.7 Å². The Kier molecular flexibility index (Phi) is 8.93. The molecule has 0 aromatic carbocycles. The summed E-state index contributed by atoms with van der Waals surface area (Å²) in [5.41, 5.74) is 0. The molecule has 4 nitrogen and oxygen atoms in total. The first-order valence-electron chi connectivity index (χ1n) is 8.78. The van der Waals surface area contributed by atoms with Crippen molar-refractivity contribution in [3.05, 3.63) is 0 Å². The molecule has 21 heavy (non-hydrogen) atoms. The van der Waals surface area contributed by atoms with E-state index in [-0.39, 0.29) is 17.9 Å². The van der Waals surface area contributed by atoms with Crippen LogP contribution >= 0.6 is 0 Å². The number of hydrogen-bond acceptors (Lipinski definition) is 3. The van der Waals surface area contributed by atoms with Crippen LogP contribution in [0.25, 0.3) is 0 Å². The summed E-state index contributed by atoms with van der Waals surface area (Å²) in [6, 6.07) is 0. The molecule has 4 heteroatoms. The van der Waals surface area contributed by atoms with Crippen molar-refractivity contribution in [2.75, 3.05) is 6.54 Å². The average Bonchev–Trinajstić information content (AvgIpc) is 2.50. The van der Waals surface area contributed by atoms with E-state index in [9.17, 15) is 9.90 Å². The van der Waals surface area contributed by atoms with Crippen LogP contribution in [0.4, 0.5) is 0 Å². The van der Waals surface area contributed by atoms with E-state index in [1.54, 1.807) is 0 Å². The lowest BCUT2D eigenvalue weighted by Crippen LogP contribution is -2.42. The highest BCUT2D eigenvalue weighted by Gasteiger charge is 2.22. The van der Waals surface area contributed by atoms with Crippen LogP contribution in [0.5, 0.6) is 0 Å². The van der Waals surface area contributed by atoms with Crippen molar-refractivity contribution >= 4 is 5.91 Å². The Labute approximate surface area is 130 Å². The molecular weight excluding hydrogens is 264 g/mol. The Morgan fingerprint density at radius 2 is 2.00 bits per heavy atom. The molecule has 0 heterocycles. The second-order valence-corrected chi connectivity index (χ2v) is 6.76. The third-order valence-corrected chi connectivity index (χ3v) is 4.72. The second kappa shape index (κ2) is 10.2. The van der Waals surface area contributed by atoms with Crippen LogP contribution < -0.4 is 5.84 Å². The van der Waals surface area contributed by atoms with Crippen LogP contribution in [0.3, 0.4) is 0 Å². The molecule has 1 aliphatic rings. The molecule has 0 aromatic rings. The van der Waals surface area contributed by atoms with Gasteiger partial charge < -0.3 is 5.11 Å². The SMILES string of the molecule is CCCCN(N)C(=O)C(C)CC(O)CCC1CCCCC1. The monoisotopic (exact) mass is 298 g/mol. The van der Waals surface area contributed by atoms with Crippen LogP contribution in [0, 0.1) is 11.8 Å². The number of aliphatic hydroxyl groups is 1. The van der Waals surface area contributed by atoms with Gasteiger partial charge in [0, 0.05) is 12.5 Å². The molecule has 0 saturated heterocycles. The highest BCUT2D eigenvalue weighted by atomic mass is 16.3. The Balaban J connectivity index is 2.22. The van der Waals surface area contributed by atoms with Gasteiger partial charge in [-0.1, -0.05) is 52.4 Å². The van der Waals surface area contributed by atoms with Crippen molar-refractivity contribution in [2.45, 2.75) is 84.2 Å². The zero-order chi connectivity index (χ0) is 15.7. The molecule has 124 valence electrons. The number of hydrazine groups is 1. The van der Waals surface area contributed by atoms with Crippen molar-refractivity contribution in [1.82, 2.24) is 5.01 Å². The van der Waals surface area contributed by atoms with Crippen LogP contribution in [0.15, 0.2) is 0 Å². The summed E-state index contributed by atoms with van der Waals surface area (Å²) in [5, 5.41) is 11.5. The first kappa shape index (κ1) is 18.4. The van der Waals surface area contributed by atoms with E-state index in [2.05, 4.69) is 6.92 Å². The fourth-order valence-electron chi connectivity index (χ4n) is 3.25. The van der Waals surface area contributed by atoms with Gasteiger partial charge in [0.25, 0.3) is 0 Å². The second-order valence-electron chi connectivity index (χ2n) is 6.76. The zero-order valence-electron chi connectivity index (χ0n) is 13.9. The standard InChI is InChI=1S/C17H34N2O2/c1-3-4-12-19(18)17(21)14(2)13-16(20)11-10-15-8-6-5-7-9-15/h14-16,20H,3-13,18H2,1-2H3. The predicted octanol–water partition coefficient (Wildman–Crippen LogP) is 3.24. The molecule has 0 spiro atoms. The van der Waals surface area contributed by atoms with E-state index in [1.807, 2.05) is 6.92 Å². The minimum absolute atomic E-state index is 0.0415. The fourth-order valence-corrected chi connectivity index (χ4v) is 3.25. The maximum absolute atomic E-state index is 12.1. The minimum atomic E-state index is -0.370. The van der Waals surface area contributed by atoms with Gasteiger partial charge in [-0.15, -0.1) is 0 Å². The molecule has 1 saturated carbocycles. The molecular formula is C17H34N2O2. The molecule has 1 rings (SSSR count). The summed E-state index contributed by atoms with van der Waals surface area (Å²) < 4.78 is 0. The van der Waals surface area contributed by atoms with Gasteiger partial charge in [0.15, 0.2) is 0 Å². The van der Waals surface area contributed by atoms with Gasteiger partial charge in [-0.05, 0) is 31.6 Å². The summed E-state index contributed by atoms with van der Waals surface area (Å²) >= 11 is 0. The van der Waals surface area contributed by atoms with Crippen LogP contribution in [-0.2, 0) is 4.79 Å². The third-order valence-electron chi connectivity index (χ3n) is 4.72. The number of carbonyl (C=O) groups excluding carboxylic acids is 1. The highest BCUT2D eigenvalue weighted by molar-refractivity contribution is 5.77. The number of nitrogens with zero attached hydrogens (tertiary/aromatic N) is 1. The quantitative estimate of drug-likeness (QED) is 0.390. The molecule has 1 amide bonds. The normalized spacial score (nSPS) is 19.2. The molecule has 2 unspecified atom stereocenters. The van der Waals surface area contributed by atoms with Crippen LogP contribution in [0.2, 0.25) is 0 Å². The predicted molar refractivity (Wildman–Crippen MR) is 86.4 cm³/mol. The summed E-state index contributed by atoms with van der Waals surface area (Å²) in [6.07, 6.45) is 10.7.